The van der Waals surface area contributed by atoms with Gasteiger partial charge in [0.25, 0.3) is 0 Å². The van der Waals surface area contributed by atoms with Crippen LogP contribution in [0.15, 0.2) is 29.6 Å². The summed E-state index contributed by atoms with van der Waals surface area (Å²) in [5, 5.41) is 24.5. The number of nitrogens with one attached hydrogen (secondary N) is 1. The highest BCUT2D eigenvalue weighted by molar-refractivity contribution is 7.10. The van der Waals surface area contributed by atoms with E-state index in [-0.39, 0.29) is 17.5 Å². The lowest BCUT2D eigenvalue weighted by atomic mass is 10.1. The third-order valence-corrected chi connectivity index (χ3v) is 4.04. The molecule has 96 valence electrons. The Bertz CT molecular complexity index is 536. The summed E-state index contributed by atoms with van der Waals surface area (Å²) in [7, 11) is 0. The summed E-state index contributed by atoms with van der Waals surface area (Å²) in [6.45, 7) is 4.87. The van der Waals surface area contributed by atoms with Gasteiger partial charge in [-0.3, -0.25) is 0 Å². The first-order valence-electron chi connectivity index (χ1n) is 5.86. The predicted octanol–water partition coefficient (Wildman–Crippen LogP) is 3.32. The van der Waals surface area contributed by atoms with Gasteiger partial charge in [-0.2, -0.15) is 0 Å². The van der Waals surface area contributed by atoms with Crippen LogP contribution in [0.5, 0.6) is 11.5 Å². The molecule has 2 rings (SSSR count). The second-order valence-corrected chi connectivity index (χ2v) is 5.37. The zero-order valence-electron chi connectivity index (χ0n) is 10.5. The number of phenolic OH excluding ortho intramolecular Hbond substituents is 2. The predicted molar refractivity (Wildman–Crippen MR) is 74.1 cm³/mol. The molecular formula is C14H17NO2S. The number of rotatable bonds is 4. The van der Waals surface area contributed by atoms with Crippen molar-refractivity contribution in [2.75, 3.05) is 0 Å². The van der Waals surface area contributed by atoms with Crippen molar-refractivity contribution >= 4 is 11.3 Å². The quantitative estimate of drug-likeness (QED) is 0.793. The molecule has 4 heteroatoms. The van der Waals surface area contributed by atoms with E-state index in [2.05, 4.69) is 23.7 Å². The van der Waals surface area contributed by atoms with E-state index >= 15 is 0 Å². The summed E-state index contributed by atoms with van der Waals surface area (Å²) in [5.41, 5.74) is 2.08. The summed E-state index contributed by atoms with van der Waals surface area (Å²) in [6, 6.07) is 6.83. The van der Waals surface area contributed by atoms with E-state index in [1.165, 1.54) is 16.5 Å². The first kappa shape index (κ1) is 12.9. The van der Waals surface area contributed by atoms with Crippen LogP contribution < -0.4 is 5.32 Å². The SMILES string of the molecule is Cc1ccsc1CNC(C)c1ccc(O)cc1O. The van der Waals surface area contributed by atoms with Gasteiger partial charge in [0.2, 0.25) is 0 Å². The normalized spacial score (nSPS) is 12.6. The molecule has 2 aromatic rings. The zero-order valence-corrected chi connectivity index (χ0v) is 11.3. The van der Waals surface area contributed by atoms with Gasteiger partial charge < -0.3 is 15.5 Å². The van der Waals surface area contributed by atoms with Gasteiger partial charge in [0, 0.05) is 29.1 Å². The van der Waals surface area contributed by atoms with Gasteiger partial charge in [0.1, 0.15) is 11.5 Å². The molecule has 1 atom stereocenters. The highest BCUT2D eigenvalue weighted by Crippen LogP contribution is 2.28. The molecule has 3 nitrogen and oxygen atoms in total. The monoisotopic (exact) mass is 263 g/mol. The first-order chi connectivity index (χ1) is 8.58. The Labute approximate surface area is 111 Å². The van der Waals surface area contributed by atoms with E-state index in [1.54, 1.807) is 23.5 Å². The molecular weight excluding hydrogens is 246 g/mol. The fourth-order valence-electron chi connectivity index (χ4n) is 1.84. The van der Waals surface area contributed by atoms with Crippen LogP contribution in [-0.4, -0.2) is 10.2 Å². The Morgan fingerprint density at radius 2 is 2.06 bits per heavy atom. The molecule has 0 radical (unpaired) electrons. The average Bonchev–Trinajstić information content (AvgIpc) is 2.72. The Kier molecular flexibility index (Phi) is 3.89. The summed E-state index contributed by atoms with van der Waals surface area (Å²) < 4.78 is 0. The van der Waals surface area contributed by atoms with Crippen LogP contribution in [-0.2, 0) is 6.54 Å². The summed E-state index contributed by atoms with van der Waals surface area (Å²) in [6.07, 6.45) is 0. The van der Waals surface area contributed by atoms with Crippen molar-refractivity contribution in [1.82, 2.24) is 5.32 Å². The number of aryl methyl sites for hydroxylation is 1. The van der Waals surface area contributed by atoms with Crippen LogP contribution in [0.4, 0.5) is 0 Å². The van der Waals surface area contributed by atoms with E-state index in [1.807, 2.05) is 6.92 Å². The van der Waals surface area contributed by atoms with Crippen LogP contribution in [0.1, 0.15) is 29.0 Å². The number of benzene rings is 1. The van der Waals surface area contributed by atoms with Gasteiger partial charge >= 0.3 is 0 Å². The molecule has 18 heavy (non-hydrogen) atoms. The highest BCUT2D eigenvalue weighted by Gasteiger charge is 2.11. The molecule has 1 heterocycles. The molecule has 0 aliphatic carbocycles. The molecule has 0 fully saturated rings. The lowest BCUT2D eigenvalue weighted by Crippen LogP contribution is -2.17. The smallest absolute Gasteiger partial charge is 0.124 e. The lowest BCUT2D eigenvalue weighted by Gasteiger charge is -2.15. The molecule has 0 saturated heterocycles. The van der Waals surface area contributed by atoms with Crippen molar-refractivity contribution < 1.29 is 10.2 Å². The van der Waals surface area contributed by atoms with Crippen LogP contribution in [0.3, 0.4) is 0 Å². The van der Waals surface area contributed by atoms with Crippen molar-refractivity contribution in [3.8, 4) is 11.5 Å². The summed E-state index contributed by atoms with van der Waals surface area (Å²) >= 11 is 1.73. The largest absolute Gasteiger partial charge is 0.508 e. The van der Waals surface area contributed by atoms with Crippen LogP contribution in [0, 0.1) is 6.92 Å². The number of hydrogen-bond acceptors (Lipinski definition) is 4. The standard InChI is InChI=1S/C14H17NO2S/c1-9-5-6-18-14(9)8-15-10(2)12-4-3-11(16)7-13(12)17/h3-7,10,15-17H,8H2,1-2H3. The molecule has 0 aliphatic rings. The van der Waals surface area contributed by atoms with E-state index in [0.717, 1.165) is 12.1 Å². The minimum atomic E-state index is 0.0344. The van der Waals surface area contributed by atoms with E-state index < -0.39 is 0 Å². The second kappa shape index (κ2) is 5.42. The molecule has 1 unspecified atom stereocenters. The maximum absolute atomic E-state index is 9.78. The number of phenols is 2. The number of thiophene rings is 1. The van der Waals surface area contributed by atoms with Crippen molar-refractivity contribution in [1.29, 1.82) is 0 Å². The maximum atomic E-state index is 9.78. The van der Waals surface area contributed by atoms with E-state index in [4.69, 9.17) is 0 Å². The van der Waals surface area contributed by atoms with Gasteiger partial charge in [-0.05, 0) is 36.9 Å². The minimum Gasteiger partial charge on any atom is -0.508 e. The Hall–Kier alpha value is -1.52. The third-order valence-electron chi connectivity index (χ3n) is 3.02. The zero-order chi connectivity index (χ0) is 13.1. The Balaban J connectivity index is 2.03. The van der Waals surface area contributed by atoms with Crippen molar-refractivity contribution in [2.24, 2.45) is 0 Å². The molecule has 0 amide bonds. The molecule has 0 saturated carbocycles. The van der Waals surface area contributed by atoms with Gasteiger partial charge in [0.15, 0.2) is 0 Å². The molecule has 0 aliphatic heterocycles. The van der Waals surface area contributed by atoms with Gasteiger partial charge in [-0.25, -0.2) is 0 Å². The lowest BCUT2D eigenvalue weighted by molar-refractivity contribution is 0.436. The first-order valence-corrected chi connectivity index (χ1v) is 6.74. The number of aromatic hydroxyl groups is 2. The van der Waals surface area contributed by atoms with Crippen LogP contribution in [0.25, 0.3) is 0 Å². The second-order valence-electron chi connectivity index (χ2n) is 4.37. The van der Waals surface area contributed by atoms with Crippen LogP contribution in [0.2, 0.25) is 0 Å². The molecule has 1 aromatic heterocycles. The van der Waals surface area contributed by atoms with Crippen molar-refractivity contribution in [2.45, 2.75) is 26.4 Å². The van der Waals surface area contributed by atoms with Crippen molar-refractivity contribution in [3.05, 3.63) is 45.6 Å². The summed E-state index contributed by atoms with van der Waals surface area (Å²) in [4.78, 5) is 1.31. The molecule has 1 aromatic carbocycles. The van der Waals surface area contributed by atoms with Gasteiger partial charge in [0.05, 0.1) is 0 Å². The van der Waals surface area contributed by atoms with E-state index in [9.17, 15) is 10.2 Å². The molecule has 0 spiro atoms. The molecule has 0 bridgehead atoms. The van der Waals surface area contributed by atoms with Crippen LogP contribution >= 0.6 is 11.3 Å². The fraction of sp³-hybridized carbons (Fsp3) is 0.286. The Morgan fingerprint density at radius 1 is 1.28 bits per heavy atom. The van der Waals surface area contributed by atoms with E-state index in [0.29, 0.717) is 0 Å². The highest BCUT2D eigenvalue weighted by atomic mass is 32.1. The molecule has 3 N–H and O–H groups in total. The van der Waals surface area contributed by atoms with Crippen molar-refractivity contribution in [3.63, 3.8) is 0 Å². The Morgan fingerprint density at radius 3 is 2.67 bits per heavy atom. The fourth-order valence-corrected chi connectivity index (χ4v) is 2.70. The summed E-state index contributed by atoms with van der Waals surface area (Å²) in [5.74, 6) is 0.204. The maximum Gasteiger partial charge on any atom is 0.124 e. The number of hydrogen-bond donors (Lipinski definition) is 3. The minimum absolute atomic E-state index is 0.0344. The topological polar surface area (TPSA) is 52.5 Å². The van der Waals surface area contributed by atoms with Gasteiger partial charge in [-0.15, -0.1) is 11.3 Å². The average molecular weight is 263 g/mol. The third kappa shape index (κ3) is 2.83. The van der Waals surface area contributed by atoms with Gasteiger partial charge in [-0.1, -0.05) is 6.07 Å².